The number of nitrogens with zero attached hydrogens (tertiary/aromatic N) is 4. The van der Waals surface area contributed by atoms with E-state index in [1.807, 2.05) is 0 Å². The summed E-state index contributed by atoms with van der Waals surface area (Å²) in [4.78, 5) is 11.5. The second-order valence-corrected chi connectivity index (χ2v) is 3.02. The Morgan fingerprint density at radius 2 is 2.31 bits per heavy atom. The number of tetrazole rings is 1. The first-order chi connectivity index (χ1) is 7.72. The van der Waals surface area contributed by atoms with Crippen LogP contribution in [-0.4, -0.2) is 33.3 Å². The number of methoxy groups -OCH3 is 1. The summed E-state index contributed by atoms with van der Waals surface area (Å²) in [5.74, 6) is -0.488. The number of rotatable bonds is 2. The summed E-state index contributed by atoms with van der Waals surface area (Å²) in [5, 5.41) is 10.7. The molecule has 0 atom stereocenters. The molecule has 0 aliphatic carbocycles. The highest BCUT2D eigenvalue weighted by Gasteiger charge is 2.14. The fraction of sp³-hybridized carbons (Fsp3) is 0.111. The van der Waals surface area contributed by atoms with Gasteiger partial charge in [-0.3, -0.25) is 0 Å². The van der Waals surface area contributed by atoms with Crippen molar-refractivity contribution in [1.82, 2.24) is 20.2 Å². The number of nitrogen functional groups attached to an aromatic ring is 1. The molecule has 0 fully saturated rings. The molecule has 16 heavy (non-hydrogen) atoms. The molecular formula is C9H9N5O2. The van der Waals surface area contributed by atoms with Gasteiger partial charge in [-0.1, -0.05) is 0 Å². The van der Waals surface area contributed by atoms with E-state index in [1.54, 1.807) is 12.1 Å². The van der Waals surface area contributed by atoms with Crippen LogP contribution in [-0.2, 0) is 4.74 Å². The third kappa shape index (κ3) is 1.70. The van der Waals surface area contributed by atoms with Crippen molar-refractivity contribution in [3.8, 4) is 5.69 Å². The number of carbonyl (C=O) groups is 1. The van der Waals surface area contributed by atoms with Crippen molar-refractivity contribution >= 4 is 11.7 Å². The van der Waals surface area contributed by atoms with Crippen molar-refractivity contribution in [2.75, 3.05) is 12.8 Å². The molecule has 0 amide bonds. The summed E-state index contributed by atoms with van der Waals surface area (Å²) in [6.07, 6.45) is 1.39. The van der Waals surface area contributed by atoms with Crippen molar-refractivity contribution in [2.45, 2.75) is 0 Å². The third-order valence-corrected chi connectivity index (χ3v) is 2.02. The lowest BCUT2D eigenvalue weighted by molar-refractivity contribution is 0.0600. The highest BCUT2D eigenvalue weighted by molar-refractivity contribution is 5.94. The van der Waals surface area contributed by atoms with Crippen molar-refractivity contribution < 1.29 is 9.53 Å². The molecule has 2 aromatic rings. The van der Waals surface area contributed by atoms with E-state index in [1.165, 1.54) is 24.2 Å². The molecule has 82 valence electrons. The Labute approximate surface area is 90.8 Å². The maximum Gasteiger partial charge on any atom is 0.340 e. The molecule has 0 saturated heterocycles. The number of anilines is 1. The molecule has 1 aromatic heterocycles. The van der Waals surface area contributed by atoms with Gasteiger partial charge in [-0.15, -0.1) is 5.10 Å². The number of carbonyl (C=O) groups excluding carboxylic acids is 1. The molecule has 0 saturated carbocycles. The highest BCUT2D eigenvalue weighted by Crippen LogP contribution is 2.17. The topological polar surface area (TPSA) is 95.9 Å². The van der Waals surface area contributed by atoms with Crippen LogP contribution < -0.4 is 5.73 Å². The second-order valence-electron chi connectivity index (χ2n) is 3.02. The summed E-state index contributed by atoms with van der Waals surface area (Å²) < 4.78 is 6.02. The van der Waals surface area contributed by atoms with Crippen LogP contribution in [0.15, 0.2) is 24.5 Å². The lowest BCUT2D eigenvalue weighted by Gasteiger charge is -2.07. The number of ether oxygens (including phenoxy) is 1. The Bertz CT molecular complexity index is 509. The van der Waals surface area contributed by atoms with Gasteiger partial charge in [-0.2, -0.15) is 4.68 Å². The SMILES string of the molecule is COC(=O)c1cc(N)ccc1-n1cnnn1. The second kappa shape index (κ2) is 3.97. The Hall–Kier alpha value is -2.44. The maximum atomic E-state index is 11.5. The van der Waals surface area contributed by atoms with Crippen molar-refractivity contribution in [3.05, 3.63) is 30.1 Å². The van der Waals surface area contributed by atoms with E-state index >= 15 is 0 Å². The Morgan fingerprint density at radius 1 is 1.50 bits per heavy atom. The molecule has 7 nitrogen and oxygen atoms in total. The van der Waals surface area contributed by atoms with E-state index in [9.17, 15) is 4.79 Å². The normalized spacial score (nSPS) is 10.1. The van der Waals surface area contributed by atoms with Crippen molar-refractivity contribution in [1.29, 1.82) is 0 Å². The summed E-state index contributed by atoms with van der Waals surface area (Å²) in [5.41, 5.74) is 6.91. The van der Waals surface area contributed by atoms with Gasteiger partial charge >= 0.3 is 5.97 Å². The lowest BCUT2D eigenvalue weighted by atomic mass is 10.1. The summed E-state index contributed by atoms with van der Waals surface area (Å²) >= 11 is 0. The van der Waals surface area contributed by atoms with Crippen LogP contribution in [0.3, 0.4) is 0 Å². The standard InChI is InChI=1S/C9H9N5O2/c1-16-9(15)7-4-6(10)2-3-8(7)14-5-11-12-13-14/h2-5H,10H2,1H3. The van der Waals surface area contributed by atoms with E-state index in [2.05, 4.69) is 20.3 Å². The first kappa shape index (κ1) is 10.1. The van der Waals surface area contributed by atoms with Crippen molar-refractivity contribution in [3.63, 3.8) is 0 Å². The molecule has 0 radical (unpaired) electrons. The molecule has 1 aromatic carbocycles. The van der Waals surface area contributed by atoms with Gasteiger partial charge in [0.05, 0.1) is 18.4 Å². The van der Waals surface area contributed by atoms with Crippen LogP contribution >= 0.6 is 0 Å². The third-order valence-electron chi connectivity index (χ3n) is 2.02. The van der Waals surface area contributed by atoms with E-state index in [-0.39, 0.29) is 0 Å². The first-order valence-electron chi connectivity index (χ1n) is 4.43. The van der Waals surface area contributed by atoms with Crippen molar-refractivity contribution in [2.24, 2.45) is 0 Å². The van der Waals surface area contributed by atoms with E-state index in [0.717, 1.165) is 0 Å². The molecule has 0 bridgehead atoms. The quantitative estimate of drug-likeness (QED) is 0.565. The van der Waals surface area contributed by atoms with Gasteiger partial charge < -0.3 is 10.5 Å². The number of benzene rings is 1. The Balaban J connectivity index is 2.57. The summed E-state index contributed by atoms with van der Waals surface area (Å²) in [7, 11) is 1.30. The van der Waals surface area contributed by atoms with Crippen LogP contribution in [0.1, 0.15) is 10.4 Å². The monoisotopic (exact) mass is 219 g/mol. The molecule has 0 spiro atoms. The zero-order valence-electron chi connectivity index (χ0n) is 8.49. The zero-order chi connectivity index (χ0) is 11.5. The molecule has 7 heteroatoms. The Morgan fingerprint density at radius 3 is 2.94 bits per heavy atom. The predicted molar refractivity (Wildman–Crippen MR) is 54.9 cm³/mol. The molecular weight excluding hydrogens is 210 g/mol. The van der Waals surface area contributed by atoms with Crippen LogP contribution in [0.2, 0.25) is 0 Å². The molecule has 2 N–H and O–H groups in total. The van der Waals surface area contributed by atoms with Gasteiger partial charge in [0.2, 0.25) is 0 Å². The Kier molecular flexibility index (Phi) is 2.50. The average Bonchev–Trinajstić information content (AvgIpc) is 2.81. The average molecular weight is 219 g/mol. The number of hydrogen-bond donors (Lipinski definition) is 1. The molecule has 0 aliphatic rings. The van der Waals surface area contributed by atoms with Gasteiger partial charge in [0, 0.05) is 5.69 Å². The minimum atomic E-state index is -0.488. The van der Waals surface area contributed by atoms with Crippen LogP contribution in [0.5, 0.6) is 0 Å². The first-order valence-corrected chi connectivity index (χ1v) is 4.43. The van der Waals surface area contributed by atoms with Crippen LogP contribution in [0.25, 0.3) is 5.69 Å². The predicted octanol–water partition coefficient (Wildman–Crippen LogP) is 0.0311. The zero-order valence-corrected chi connectivity index (χ0v) is 8.49. The fourth-order valence-corrected chi connectivity index (χ4v) is 1.30. The fourth-order valence-electron chi connectivity index (χ4n) is 1.30. The van der Waals surface area contributed by atoms with E-state index < -0.39 is 5.97 Å². The number of nitrogens with two attached hydrogens (primary N) is 1. The minimum Gasteiger partial charge on any atom is -0.465 e. The highest BCUT2D eigenvalue weighted by atomic mass is 16.5. The van der Waals surface area contributed by atoms with Gasteiger partial charge in [0.1, 0.15) is 6.33 Å². The number of hydrogen-bond acceptors (Lipinski definition) is 6. The van der Waals surface area contributed by atoms with Gasteiger partial charge in [-0.25, -0.2) is 4.79 Å². The maximum absolute atomic E-state index is 11.5. The van der Waals surface area contributed by atoms with Gasteiger partial charge in [0.25, 0.3) is 0 Å². The molecule has 0 aliphatic heterocycles. The molecule has 0 unspecified atom stereocenters. The largest absolute Gasteiger partial charge is 0.465 e. The number of aromatic nitrogens is 4. The molecule has 1 heterocycles. The van der Waals surface area contributed by atoms with Gasteiger partial charge in [0.15, 0.2) is 0 Å². The molecule has 2 rings (SSSR count). The van der Waals surface area contributed by atoms with E-state index in [0.29, 0.717) is 16.9 Å². The minimum absolute atomic E-state index is 0.315. The van der Waals surface area contributed by atoms with Crippen LogP contribution in [0.4, 0.5) is 5.69 Å². The van der Waals surface area contributed by atoms with Crippen LogP contribution in [0, 0.1) is 0 Å². The van der Waals surface area contributed by atoms with Gasteiger partial charge in [-0.05, 0) is 28.6 Å². The number of esters is 1. The van der Waals surface area contributed by atoms with E-state index in [4.69, 9.17) is 5.73 Å². The summed E-state index contributed by atoms with van der Waals surface area (Å²) in [6.45, 7) is 0. The smallest absolute Gasteiger partial charge is 0.340 e. The summed E-state index contributed by atoms with van der Waals surface area (Å²) in [6, 6.07) is 4.82. The lowest BCUT2D eigenvalue weighted by Crippen LogP contribution is -2.09.